The number of carbonyl (C=O) groups is 2. The van der Waals surface area contributed by atoms with Crippen LogP contribution in [0.5, 0.6) is 0 Å². The Morgan fingerprint density at radius 3 is 2.29 bits per heavy atom. The van der Waals surface area contributed by atoms with Gasteiger partial charge in [0.25, 0.3) is 5.78 Å². The van der Waals surface area contributed by atoms with E-state index in [9.17, 15) is 18.0 Å². The molecule has 5 nitrogen and oxygen atoms in total. The summed E-state index contributed by atoms with van der Waals surface area (Å²) >= 11 is 0. The number of carboxylic acids is 1. The number of fused-ring (bicyclic) bond motifs is 1. The fraction of sp³-hybridized carbons (Fsp3) is 0.200. The third-order valence-corrected chi connectivity index (χ3v) is 5.51. The third-order valence-electron chi connectivity index (χ3n) is 3.30. The maximum atomic E-state index is 12.5. The molecule has 0 fully saturated rings. The molecule has 0 bridgehead atoms. The molecule has 1 atom stereocenters. The first kappa shape index (κ1) is 15.2. The van der Waals surface area contributed by atoms with Crippen molar-refractivity contribution in [2.75, 3.05) is 0 Å². The number of aliphatic carboxylic acids is 1. The molecule has 0 aromatic heterocycles. The Labute approximate surface area is 122 Å². The standard InChI is InChI=1S/C15H14O5S/c1-2-13(14(16)15(17)18)21(19,20)12-8-7-10-5-3-4-6-11(10)9-12/h3-9,13H,2H2,1H3,(H,17,18). The molecule has 0 spiro atoms. The number of carbonyl (C=O) groups excluding carboxylic acids is 1. The normalized spacial score (nSPS) is 13.0. The largest absolute Gasteiger partial charge is 0.475 e. The molecule has 0 aliphatic rings. The van der Waals surface area contributed by atoms with E-state index >= 15 is 0 Å². The lowest BCUT2D eigenvalue weighted by Crippen LogP contribution is -2.35. The Bertz CT molecular complexity index is 808. The number of ketones is 1. The molecule has 110 valence electrons. The Balaban J connectivity index is 2.54. The van der Waals surface area contributed by atoms with Crippen LogP contribution in [0.15, 0.2) is 47.4 Å². The zero-order valence-electron chi connectivity index (χ0n) is 11.3. The second-order valence-electron chi connectivity index (χ2n) is 4.62. The van der Waals surface area contributed by atoms with E-state index in [1.807, 2.05) is 12.1 Å². The van der Waals surface area contributed by atoms with Crippen LogP contribution in [0, 0.1) is 0 Å². The number of rotatable bonds is 5. The van der Waals surface area contributed by atoms with E-state index in [4.69, 9.17) is 5.11 Å². The summed E-state index contributed by atoms with van der Waals surface area (Å²) in [5.41, 5.74) is 0. The fourth-order valence-corrected chi connectivity index (χ4v) is 3.89. The maximum absolute atomic E-state index is 12.5. The molecule has 1 N–H and O–H groups in total. The van der Waals surface area contributed by atoms with Crippen molar-refractivity contribution in [3.05, 3.63) is 42.5 Å². The smallest absolute Gasteiger partial charge is 0.373 e. The molecule has 0 aliphatic heterocycles. The molecule has 2 rings (SSSR count). The van der Waals surface area contributed by atoms with Crippen molar-refractivity contribution in [1.82, 2.24) is 0 Å². The van der Waals surface area contributed by atoms with E-state index < -0.39 is 26.8 Å². The maximum Gasteiger partial charge on any atom is 0.373 e. The van der Waals surface area contributed by atoms with Gasteiger partial charge in [-0.3, -0.25) is 4.79 Å². The van der Waals surface area contributed by atoms with E-state index in [1.54, 1.807) is 18.2 Å². The Morgan fingerprint density at radius 2 is 1.71 bits per heavy atom. The SMILES string of the molecule is CCC(C(=O)C(=O)O)S(=O)(=O)c1ccc2ccccc2c1. The summed E-state index contributed by atoms with van der Waals surface area (Å²) in [6.45, 7) is 1.48. The summed E-state index contributed by atoms with van der Waals surface area (Å²) in [6, 6.07) is 11.7. The predicted octanol–water partition coefficient (Wildman–Crippen LogP) is 2.05. The van der Waals surface area contributed by atoms with Gasteiger partial charge >= 0.3 is 5.97 Å². The number of sulfone groups is 1. The minimum absolute atomic E-state index is 0.0392. The summed E-state index contributed by atoms with van der Waals surface area (Å²) in [6.07, 6.45) is -0.0830. The Morgan fingerprint density at radius 1 is 1.10 bits per heavy atom. The quantitative estimate of drug-likeness (QED) is 0.854. The third kappa shape index (κ3) is 2.80. The highest BCUT2D eigenvalue weighted by atomic mass is 32.2. The topological polar surface area (TPSA) is 88.5 Å². The van der Waals surface area contributed by atoms with Gasteiger partial charge in [0, 0.05) is 0 Å². The molecular formula is C15H14O5S. The van der Waals surface area contributed by atoms with Gasteiger partial charge in [-0.15, -0.1) is 0 Å². The first-order chi connectivity index (χ1) is 9.87. The van der Waals surface area contributed by atoms with Gasteiger partial charge in [0.1, 0.15) is 5.25 Å². The van der Waals surface area contributed by atoms with Crippen molar-refractivity contribution in [3.63, 3.8) is 0 Å². The van der Waals surface area contributed by atoms with E-state index in [0.29, 0.717) is 0 Å². The number of carboxylic acid groups (broad SMARTS) is 1. The lowest BCUT2D eigenvalue weighted by molar-refractivity contribution is -0.148. The van der Waals surface area contributed by atoms with Crippen molar-refractivity contribution in [2.45, 2.75) is 23.5 Å². The fourth-order valence-electron chi connectivity index (χ4n) is 2.19. The van der Waals surface area contributed by atoms with Crippen LogP contribution in [0.3, 0.4) is 0 Å². The second kappa shape index (κ2) is 5.65. The van der Waals surface area contributed by atoms with E-state index in [2.05, 4.69) is 0 Å². The second-order valence-corrected chi connectivity index (χ2v) is 6.75. The highest BCUT2D eigenvalue weighted by molar-refractivity contribution is 7.93. The monoisotopic (exact) mass is 306 g/mol. The van der Waals surface area contributed by atoms with Gasteiger partial charge in [-0.2, -0.15) is 0 Å². The highest BCUT2D eigenvalue weighted by Gasteiger charge is 2.36. The first-order valence-electron chi connectivity index (χ1n) is 6.37. The number of benzene rings is 2. The zero-order chi connectivity index (χ0) is 15.6. The molecule has 1 unspecified atom stereocenters. The Hall–Kier alpha value is -2.21. The summed E-state index contributed by atoms with van der Waals surface area (Å²) in [5, 5.41) is 8.78. The number of hydrogen-bond donors (Lipinski definition) is 1. The van der Waals surface area contributed by atoms with Gasteiger partial charge in [0.2, 0.25) is 0 Å². The lowest BCUT2D eigenvalue weighted by Gasteiger charge is -2.13. The van der Waals surface area contributed by atoms with Gasteiger partial charge in [0.15, 0.2) is 9.84 Å². The van der Waals surface area contributed by atoms with Gasteiger partial charge in [-0.05, 0) is 29.3 Å². The van der Waals surface area contributed by atoms with E-state index in [-0.39, 0.29) is 11.3 Å². The van der Waals surface area contributed by atoms with Crippen LogP contribution in [0.25, 0.3) is 10.8 Å². The minimum atomic E-state index is -4.02. The first-order valence-corrected chi connectivity index (χ1v) is 7.92. The van der Waals surface area contributed by atoms with Crippen LogP contribution < -0.4 is 0 Å². The van der Waals surface area contributed by atoms with Crippen LogP contribution in [-0.4, -0.2) is 30.5 Å². The van der Waals surface area contributed by atoms with Crippen LogP contribution in [0.2, 0.25) is 0 Å². The minimum Gasteiger partial charge on any atom is -0.475 e. The molecule has 0 saturated heterocycles. The molecular weight excluding hydrogens is 292 g/mol. The summed E-state index contributed by atoms with van der Waals surface area (Å²) in [4.78, 5) is 22.3. The van der Waals surface area contributed by atoms with Crippen molar-refractivity contribution < 1.29 is 23.1 Å². The highest BCUT2D eigenvalue weighted by Crippen LogP contribution is 2.24. The lowest BCUT2D eigenvalue weighted by atomic mass is 10.1. The molecule has 6 heteroatoms. The molecule has 0 radical (unpaired) electrons. The van der Waals surface area contributed by atoms with Gasteiger partial charge < -0.3 is 5.11 Å². The van der Waals surface area contributed by atoms with Crippen molar-refractivity contribution in [1.29, 1.82) is 0 Å². The van der Waals surface area contributed by atoms with E-state index in [0.717, 1.165) is 10.8 Å². The molecule has 2 aromatic rings. The van der Waals surface area contributed by atoms with Gasteiger partial charge in [0.05, 0.1) is 4.90 Å². The van der Waals surface area contributed by atoms with E-state index in [1.165, 1.54) is 19.1 Å². The molecule has 0 heterocycles. The van der Waals surface area contributed by atoms with Gasteiger partial charge in [-0.1, -0.05) is 37.3 Å². The number of hydrogen-bond acceptors (Lipinski definition) is 4. The van der Waals surface area contributed by atoms with Crippen LogP contribution in [0.4, 0.5) is 0 Å². The molecule has 0 saturated carbocycles. The van der Waals surface area contributed by atoms with Crippen LogP contribution in [-0.2, 0) is 19.4 Å². The number of Topliss-reactive ketones (excluding diaryl/α,β-unsaturated/α-hetero) is 1. The summed E-state index contributed by atoms with van der Waals surface area (Å²) < 4.78 is 24.9. The average molecular weight is 306 g/mol. The predicted molar refractivity (Wildman–Crippen MR) is 77.9 cm³/mol. The van der Waals surface area contributed by atoms with Crippen molar-refractivity contribution in [2.24, 2.45) is 0 Å². The van der Waals surface area contributed by atoms with Crippen LogP contribution in [0.1, 0.15) is 13.3 Å². The molecule has 2 aromatic carbocycles. The Kier molecular flexibility index (Phi) is 4.09. The molecule has 21 heavy (non-hydrogen) atoms. The summed E-state index contributed by atoms with van der Waals surface area (Å²) in [5.74, 6) is -3.03. The average Bonchev–Trinajstić information content (AvgIpc) is 2.47. The zero-order valence-corrected chi connectivity index (χ0v) is 12.1. The van der Waals surface area contributed by atoms with Crippen molar-refractivity contribution in [3.8, 4) is 0 Å². The molecule has 0 aliphatic carbocycles. The van der Waals surface area contributed by atoms with Crippen molar-refractivity contribution >= 4 is 32.4 Å². The molecule has 0 amide bonds. The summed E-state index contributed by atoms with van der Waals surface area (Å²) in [7, 11) is -4.02. The van der Waals surface area contributed by atoms with Gasteiger partial charge in [-0.25, -0.2) is 13.2 Å². The van der Waals surface area contributed by atoms with Crippen LogP contribution >= 0.6 is 0 Å².